The summed E-state index contributed by atoms with van der Waals surface area (Å²) in [5, 5.41) is 13.9. The van der Waals surface area contributed by atoms with Crippen LogP contribution >= 0.6 is 0 Å². The first-order valence-electron chi connectivity index (χ1n) is 4.47. The van der Waals surface area contributed by atoms with Gasteiger partial charge in [-0.2, -0.15) is 0 Å². The van der Waals surface area contributed by atoms with Crippen LogP contribution in [0.4, 0.5) is 5.69 Å². The second-order valence-corrected chi connectivity index (χ2v) is 3.03. The van der Waals surface area contributed by atoms with Gasteiger partial charge in [0, 0.05) is 24.8 Å². The second kappa shape index (κ2) is 5.09. The summed E-state index contributed by atoms with van der Waals surface area (Å²) in [6.45, 7) is 5.29. The predicted molar refractivity (Wildman–Crippen MR) is 57.0 cm³/mol. The van der Waals surface area contributed by atoms with E-state index in [2.05, 4.69) is 11.9 Å². The van der Waals surface area contributed by atoms with Crippen LogP contribution in [-0.2, 0) is 11.3 Å². The van der Waals surface area contributed by atoms with E-state index in [9.17, 15) is 10.1 Å². The van der Waals surface area contributed by atoms with E-state index >= 15 is 0 Å². The Morgan fingerprint density at radius 3 is 2.93 bits per heavy atom. The van der Waals surface area contributed by atoms with Gasteiger partial charge < -0.3 is 4.84 Å². The molecule has 5 heteroatoms. The number of nitro groups is 1. The van der Waals surface area contributed by atoms with Crippen molar-refractivity contribution in [1.82, 2.24) is 0 Å². The summed E-state index contributed by atoms with van der Waals surface area (Å²) >= 11 is 0. The zero-order chi connectivity index (χ0) is 11.3. The smallest absolute Gasteiger partial charge is 0.272 e. The van der Waals surface area contributed by atoms with E-state index in [1.807, 2.05) is 6.07 Å². The molecule has 0 unspecified atom stereocenters. The standard InChI is InChI=1S/C10H12N2O3/c1-8-9(6-7-15-11-2)4-3-5-10(8)12(13)14/h3-5H,2,6-7H2,1H3. The minimum atomic E-state index is -0.383. The molecule has 15 heavy (non-hydrogen) atoms. The minimum Gasteiger partial charge on any atom is -0.396 e. The number of hydrogen-bond acceptors (Lipinski definition) is 4. The SMILES string of the molecule is C=NOCCc1cccc([N+](=O)[O-])c1C. The van der Waals surface area contributed by atoms with Crippen molar-refractivity contribution < 1.29 is 9.76 Å². The average molecular weight is 208 g/mol. The highest BCUT2D eigenvalue weighted by Gasteiger charge is 2.12. The molecule has 1 rings (SSSR count). The largest absolute Gasteiger partial charge is 0.396 e. The molecular formula is C10H12N2O3. The maximum absolute atomic E-state index is 10.6. The van der Waals surface area contributed by atoms with Crippen molar-refractivity contribution in [2.75, 3.05) is 6.61 Å². The number of rotatable bonds is 5. The number of nitrogens with zero attached hydrogens (tertiary/aromatic N) is 2. The van der Waals surface area contributed by atoms with Crippen LogP contribution in [-0.4, -0.2) is 18.2 Å². The topological polar surface area (TPSA) is 64.7 Å². The summed E-state index contributed by atoms with van der Waals surface area (Å²) in [6.07, 6.45) is 0.590. The highest BCUT2D eigenvalue weighted by Crippen LogP contribution is 2.21. The van der Waals surface area contributed by atoms with Gasteiger partial charge in [-0.05, 0) is 12.5 Å². The molecule has 5 nitrogen and oxygen atoms in total. The Morgan fingerprint density at radius 2 is 2.33 bits per heavy atom. The molecular weight excluding hydrogens is 196 g/mol. The van der Waals surface area contributed by atoms with Crippen LogP contribution in [0.1, 0.15) is 11.1 Å². The van der Waals surface area contributed by atoms with Crippen LogP contribution in [0, 0.1) is 17.0 Å². The van der Waals surface area contributed by atoms with Crippen LogP contribution in [0.15, 0.2) is 23.4 Å². The lowest BCUT2D eigenvalue weighted by atomic mass is 10.0. The monoisotopic (exact) mass is 208 g/mol. The van der Waals surface area contributed by atoms with Gasteiger partial charge in [-0.25, -0.2) is 0 Å². The molecule has 0 aromatic heterocycles. The third-order valence-electron chi connectivity index (χ3n) is 2.17. The molecule has 1 aromatic carbocycles. The van der Waals surface area contributed by atoms with Crippen LogP contribution in [0.3, 0.4) is 0 Å². The van der Waals surface area contributed by atoms with E-state index in [4.69, 9.17) is 4.84 Å². The van der Waals surface area contributed by atoms with Gasteiger partial charge in [-0.1, -0.05) is 12.1 Å². The molecule has 0 saturated carbocycles. The summed E-state index contributed by atoms with van der Waals surface area (Å²) in [6, 6.07) is 5.00. The number of oxime groups is 1. The van der Waals surface area contributed by atoms with Crippen molar-refractivity contribution >= 4 is 12.4 Å². The lowest BCUT2D eigenvalue weighted by molar-refractivity contribution is -0.385. The van der Waals surface area contributed by atoms with Crippen molar-refractivity contribution in [3.8, 4) is 0 Å². The van der Waals surface area contributed by atoms with Gasteiger partial charge in [-0.15, -0.1) is 5.16 Å². The molecule has 0 amide bonds. The fourth-order valence-electron chi connectivity index (χ4n) is 1.36. The Morgan fingerprint density at radius 1 is 1.60 bits per heavy atom. The Bertz CT molecular complexity index is 377. The molecule has 0 radical (unpaired) electrons. The predicted octanol–water partition coefficient (Wildman–Crippen LogP) is 2.08. The van der Waals surface area contributed by atoms with Gasteiger partial charge in [0.15, 0.2) is 0 Å². The molecule has 0 fully saturated rings. The first-order valence-corrected chi connectivity index (χ1v) is 4.47. The molecule has 0 bridgehead atoms. The van der Waals surface area contributed by atoms with Crippen LogP contribution < -0.4 is 0 Å². The van der Waals surface area contributed by atoms with E-state index in [1.165, 1.54) is 6.07 Å². The fourth-order valence-corrected chi connectivity index (χ4v) is 1.36. The molecule has 0 aliphatic rings. The molecule has 1 aromatic rings. The number of nitro benzene ring substituents is 1. The van der Waals surface area contributed by atoms with Gasteiger partial charge in [-0.3, -0.25) is 10.1 Å². The fraction of sp³-hybridized carbons (Fsp3) is 0.300. The highest BCUT2D eigenvalue weighted by molar-refractivity contribution is 5.44. The first kappa shape index (κ1) is 11.2. The molecule has 80 valence electrons. The summed E-state index contributed by atoms with van der Waals surface area (Å²) in [5.41, 5.74) is 1.71. The highest BCUT2D eigenvalue weighted by atomic mass is 16.6. The lowest BCUT2D eigenvalue weighted by Crippen LogP contribution is -1.99. The molecule has 0 aliphatic carbocycles. The molecule has 0 atom stereocenters. The number of hydrogen-bond donors (Lipinski definition) is 0. The summed E-state index contributed by atoms with van der Waals surface area (Å²) in [4.78, 5) is 15.0. The minimum absolute atomic E-state index is 0.138. The molecule has 0 saturated heterocycles. The zero-order valence-electron chi connectivity index (χ0n) is 8.47. The molecule has 0 N–H and O–H groups in total. The first-order chi connectivity index (χ1) is 7.16. The van der Waals surface area contributed by atoms with Crippen molar-refractivity contribution in [1.29, 1.82) is 0 Å². The Labute approximate surface area is 87.5 Å². The number of benzene rings is 1. The summed E-state index contributed by atoms with van der Waals surface area (Å²) in [7, 11) is 0. The Balaban J connectivity index is 2.84. The maximum atomic E-state index is 10.6. The third kappa shape index (κ3) is 2.77. The Kier molecular flexibility index (Phi) is 3.79. The van der Waals surface area contributed by atoms with Gasteiger partial charge in [0.25, 0.3) is 5.69 Å². The van der Waals surface area contributed by atoms with E-state index in [1.54, 1.807) is 13.0 Å². The maximum Gasteiger partial charge on any atom is 0.272 e. The average Bonchev–Trinajstić information content (AvgIpc) is 2.20. The van der Waals surface area contributed by atoms with Crippen molar-refractivity contribution in [3.63, 3.8) is 0 Å². The second-order valence-electron chi connectivity index (χ2n) is 3.03. The van der Waals surface area contributed by atoms with Gasteiger partial charge in [0.2, 0.25) is 0 Å². The van der Waals surface area contributed by atoms with Gasteiger partial charge in [0.1, 0.15) is 6.61 Å². The molecule has 0 spiro atoms. The van der Waals surface area contributed by atoms with Crippen molar-refractivity contribution in [2.45, 2.75) is 13.3 Å². The Hall–Kier alpha value is -1.91. The van der Waals surface area contributed by atoms with Crippen molar-refractivity contribution in [2.24, 2.45) is 5.16 Å². The summed E-state index contributed by atoms with van der Waals surface area (Å²) < 4.78 is 0. The van der Waals surface area contributed by atoms with E-state index < -0.39 is 0 Å². The normalized spacial score (nSPS) is 9.67. The van der Waals surface area contributed by atoms with Crippen molar-refractivity contribution in [3.05, 3.63) is 39.4 Å². The third-order valence-corrected chi connectivity index (χ3v) is 2.17. The summed E-state index contributed by atoms with van der Waals surface area (Å²) in [5.74, 6) is 0. The lowest BCUT2D eigenvalue weighted by Gasteiger charge is -2.04. The van der Waals surface area contributed by atoms with Crippen LogP contribution in [0.5, 0.6) is 0 Å². The van der Waals surface area contributed by atoms with Crippen LogP contribution in [0.2, 0.25) is 0 Å². The van der Waals surface area contributed by atoms with E-state index in [0.717, 1.165) is 5.56 Å². The molecule has 0 aliphatic heterocycles. The van der Waals surface area contributed by atoms with Gasteiger partial charge in [0.05, 0.1) is 4.92 Å². The zero-order valence-corrected chi connectivity index (χ0v) is 8.47. The molecule has 0 heterocycles. The van der Waals surface area contributed by atoms with E-state index in [-0.39, 0.29) is 10.6 Å². The van der Waals surface area contributed by atoms with Gasteiger partial charge >= 0.3 is 0 Å². The quantitative estimate of drug-likeness (QED) is 0.322. The van der Waals surface area contributed by atoms with Crippen LogP contribution in [0.25, 0.3) is 0 Å². The van der Waals surface area contributed by atoms with E-state index in [0.29, 0.717) is 18.6 Å².